The molecular weight excluding hydrogens is 448 g/mol. The van der Waals surface area contributed by atoms with Gasteiger partial charge in [-0.05, 0) is 48.2 Å². The van der Waals surface area contributed by atoms with Crippen LogP contribution < -0.4 is 15.4 Å². The Kier molecular flexibility index (Phi) is 6.36. The first kappa shape index (κ1) is 22.6. The minimum atomic E-state index is -3.61. The van der Waals surface area contributed by atoms with Crippen LogP contribution in [0, 0.1) is 0 Å². The summed E-state index contributed by atoms with van der Waals surface area (Å²) in [7, 11) is -3.61. The van der Waals surface area contributed by atoms with Crippen molar-refractivity contribution in [1.82, 2.24) is 14.9 Å². The van der Waals surface area contributed by atoms with E-state index in [1.807, 2.05) is 6.07 Å². The number of sulfonamides is 1. The number of hydrogen-bond donors (Lipinski definition) is 3. The van der Waals surface area contributed by atoms with Crippen molar-refractivity contribution in [3.8, 4) is 0 Å². The molecule has 2 heterocycles. The van der Waals surface area contributed by atoms with Crippen LogP contribution in [-0.4, -0.2) is 38.4 Å². The van der Waals surface area contributed by atoms with Gasteiger partial charge >= 0.3 is 0 Å². The number of likely N-dealkylation sites (tertiary alicyclic amines) is 1. The Morgan fingerprint density at radius 2 is 1.59 bits per heavy atom. The Balaban J connectivity index is 1.17. The van der Waals surface area contributed by atoms with Gasteiger partial charge < -0.3 is 10.6 Å². The van der Waals surface area contributed by atoms with E-state index in [2.05, 4.69) is 44.5 Å². The lowest BCUT2D eigenvalue weighted by atomic mass is 10.0. The van der Waals surface area contributed by atoms with Gasteiger partial charge in [-0.25, -0.2) is 8.42 Å². The number of nitrogens with one attached hydrogen (secondary N) is 3. The first-order valence-corrected chi connectivity index (χ1v) is 13.0. The fraction of sp³-hybridized carbons (Fsp3) is 0.269. The summed E-state index contributed by atoms with van der Waals surface area (Å²) in [6, 6.07) is 24.4. The lowest BCUT2D eigenvalue weighted by Gasteiger charge is -2.32. The molecule has 0 radical (unpaired) electrons. The van der Waals surface area contributed by atoms with E-state index in [9.17, 15) is 13.2 Å². The molecule has 7 nitrogen and oxygen atoms in total. The van der Waals surface area contributed by atoms with Gasteiger partial charge in [-0.3, -0.25) is 9.69 Å². The zero-order chi connectivity index (χ0) is 23.5. The molecule has 2 aliphatic heterocycles. The summed E-state index contributed by atoms with van der Waals surface area (Å²) >= 11 is 0. The maximum atomic E-state index is 12.8. The first-order chi connectivity index (χ1) is 16.5. The number of amides is 1. The lowest BCUT2D eigenvalue weighted by Crippen LogP contribution is -2.44. The molecule has 8 heteroatoms. The van der Waals surface area contributed by atoms with Crippen LogP contribution in [-0.2, 0) is 16.6 Å². The predicted octanol–water partition coefficient (Wildman–Crippen LogP) is 3.48. The van der Waals surface area contributed by atoms with E-state index in [4.69, 9.17) is 0 Å². The van der Waals surface area contributed by atoms with Crippen molar-refractivity contribution >= 4 is 21.6 Å². The Morgan fingerprint density at radius 1 is 0.912 bits per heavy atom. The SMILES string of the molecule is O=C(NC1CCN(Cc2ccccc2)CC1)c1ccc(C2Nc3ccccc3S(=O)(=O)N2)cc1. The fourth-order valence-electron chi connectivity index (χ4n) is 4.55. The summed E-state index contributed by atoms with van der Waals surface area (Å²) in [5.74, 6) is -0.101. The van der Waals surface area contributed by atoms with Crippen LogP contribution in [0.3, 0.4) is 0 Å². The van der Waals surface area contributed by atoms with Crippen LogP contribution in [0.4, 0.5) is 5.69 Å². The van der Waals surface area contributed by atoms with E-state index in [0.717, 1.165) is 38.0 Å². The van der Waals surface area contributed by atoms with Crippen LogP contribution in [0.25, 0.3) is 0 Å². The second kappa shape index (κ2) is 9.58. The quantitative estimate of drug-likeness (QED) is 0.525. The van der Waals surface area contributed by atoms with Crippen LogP contribution in [0.15, 0.2) is 83.8 Å². The van der Waals surface area contributed by atoms with Crippen molar-refractivity contribution < 1.29 is 13.2 Å². The highest BCUT2D eigenvalue weighted by molar-refractivity contribution is 7.89. The molecule has 2 aliphatic rings. The Morgan fingerprint density at radius 3 is 2.32 bits per heavy atom. The third kappa shape index (κ3) is 4.99. The molecular formula is C26H28N4O3S. The monoisotopic (exact) mass is 476 g/mol. The number of benzene rings is 3. The minimum absolute atomic E-state index is 0.101. The molecule has 3 N–H and O–H groups in total. The largest absolute Gasteiger partial charge is 0.364 e. The second-order valence-corrected chi connectivity index (χ2v) is 10.5. The molecule has 5 rings (SSSR count). The zero-order valence-corrected chi connectivity index (χ0v) is 19.6. The second-order valence-electron chi connectivity index (χ2n) is 8.83. The molecule has 3 aromatic carbocycles. The topological polar surface area (TPSA) is 90.5 Å². The number of fused-ring (bicyclic) bond motifs is 1. The molecule has 1 amide bonds. The molecule has 0 spiro atoms. The van der Waals surface area contributed by atoms with Gasteiger partial charge in [0.15, 0.2) is 0 Å². The van der Waals surface area contributed by atoms with Gasteiger partial charge in [-0.15, -0.1) is 0 Å². The van der Waals surface area contributed by atoms with E-state index in [0.29, 0.717) is 11.3 Å². The molecule has 1 saturated heterocycles. The molecule has 0 saturated carbocycles. The maximum absolute atomic E-state index is 12.8. The van der Waals surface area contributed by atoms with Crippen molar-refractivity contribution in [2.75, 3.05) is 18.4 Å². The molecule has 3 aromatic rings. The average Bonchev–Trinajstić information content (AvgIpc) is 2.85. The predicted molar refractivity (Wildman–Crippen MR) is 132 cm³/mol. The highest BCUT2D eigenvalue weighted by atomic mass is 32.2. The third-order valence-electron chi connectivity index (χ3n) is 6.43. The Hall–Kier alpha value is -3.20. The number of rotatable bonds is 5. The summed E-state index contributed by atoms with van der Waals surface area (Å²) < 4.78 is 27.8. The van der Waals surface area contributed by atoms with Crippen molar-refractivity contribution in [3.63, 3.8) is 0 Å². The number of nitrogens with zero attached hydrogens (tertiary/aromatic N) is 1. The third-order valence-corrected chi connectivity index (χ3v) is 7.91. The van der Waals surface area contributed by atoms with Crippen LogP contribution in [0.2, 0.25) is 0 Å². The summed E-state index contributed by atoms with van der Waals surface area (Å²) in [5, 5.41) is 6.36. The van der Waals surface area contributed by atoms with Crippen molar-refractivity contribution in [1.29, 1.82) is 0 Å². The summed E-state index contributed by atoms with van der Waals surface area (Å²) in [4.78, 5) is 15.4. The van der Waals surface area contributed by atoms with Gasteiger partial charge in [0.2, 0.25) is 10.0 Å². The summed E-state index contributed by atoms with van der Waals surface area (Å²) in [6.45, 7) is 2.84. The summed E-state index contributed by atoms with van der Waals surface area (Å²) in [6.07, 6.45) is 1.25. The molecule has 176 valence electrons. The summed E-state index contributed by atoms with van der Waals surface area (Å²) in [5.41, 5.74) is 3.17. The van der Waals surface area contributed by atoms with Crippen molar-refractivity contribution in [3.05, 3.63) is 95.6 Å². The number of piperidine rings is 1. The van der Waals surface area contributed by atoms with Crippen molar-refractivity contribution in [2.45, 2.75) is 36.5 Å². The lowest BCUT2D eigenvalue weighted by molar-refractivity contribution is 0.0909. The molecule has 0 aliphatic carbocycles. The van der Waals surface area contributed by atoms with E-state index in [1.165, 1.54) is 5.56 Å². The maximum Gasteiger partial charge on any atom is 0.251 e. The highest BCUT2D eigenvalue weighted by Crippen LogP contribution is 2.30. The standard InChI is InChI=1S/C26H28N4O3S/c31-26(27-22-14-16-30(17-15-22)18-19-6-2-1-3-7-19)21-12-10-20(11-13-21)25-28-23-8-4-5-9-24(23)34(32,33)29-25/h1-13,22,25,28-29H,14-18H2,(H,27,31). The number of anilines is 1. The molecule has 1 fully saturated rings. The van der Waals surface area contributed by atoms with Crippen LogP contribution in [0.5, 0.6) is 0 Å². The van der Waals surface area contributed by atoms with E-state index < -0.39 is 16.2 Å². The van der Waals surface area contributed by atoms with Gasteiger partial charge in [0, 0.05) is 31.2 Å². The van der Waals surface area contributed by atoms with Gasteiger partial charge in [0.1, 0.15) is 11.1 Å². The first-order valence-electron chi connectivity index (χ1n) is 11.5. The molecule has 1 unspecified atom stereocenters. The average molecular weight is 477 g/mol. The fourth-order valence-corrected chi connectivity index (χ4v) is 5.85. The number of hydrogen-bond acceptors (Lipinski definition) is 5. The van der Waals surface area contributed by atoms with Gasteiger partial charge in [0.25, 0.3) is 5.91 Å². The smallest absolute Gasteiger partial charge is 0.251 e. The van der Waals surface area contributed by atoms with Crippen LogP contribution >= 0.6 is 0 Å². The Bertz CT molecular complexity index is 1250. The van der Waals surface area contributed by atoms with E-state index in [1.54, 1.807) is 48.5 Å². The van der Waals surface area contributed by atoms with E-state index >= 15 is 0 Å². The Labute approximate surface area is 200 Å². The molecule has 0 aromatic heterocycles. The van der Waals surface area contributed by atoms with Gasteiger partial charge in [-0.1, -0.05) is 54.6 Å². The minimum Gasteiger partial charge on any atom is -0.364 e. The van der Waals surface area contributed by atoms with Gasteiger partial charge in [-0.2, -0.15) is 4.72 Å². The van der Waals surface area contributed by atoms with Crippen LogP contribution in [0.1, 0.15) is 40.5 Å². The normalized spacial score (nSPS) is 20.2. The molecule has 1 atom stereocenters. The highest BCUT2D eigenvalue weighted by Gasteiger charge is 2.29. The molecule has 0 bridgehead atoms. The number of carbonyl (C=O) groups excluding carboxylic acids is 1. The van der Waals surface area contributed by atoms with Gasteiger partial charge in [0.05, 0.1) is 5.69 Å². The van der Waals surface area contributed by atoms with Crippen molar-refractivity contribution in [2.24, 2.45) is 0 Å². The number of carbonyl (C=O) groups is 1. The zero-order valence-electron chi connectivity index (χ0n) is 18.8. The number of para-hydroxylation sites is 1. The van der Waals surface area contributed by atoms with E-state index in [-0.39, 0.29) is 16.8 Å². The molecule has 34 heavy (non-hydrogen) atoms.